The molecule has 0 spiro atoms. The van der Waals surface area contributed by atoms with Crippen LogP contribution in [0, 0.1) is 6.92 Å². The van der Waals surface area contributed by atoms with Crippen molar-refractivity contribution in [3.8, 4) is 5.75 Å². The van der Waals surface area contributed by atoms with Crippen LogP contribution in [-0.2, 0) is 0 Å². The molecule has 1 amide bonds. The molecular weight excluding hydrogens is 386 g/mol. The molecule has 0 unspecified atom stereocenters. The molecule has 6 nitrogen and oxygen atoms in total. The van der Waals surface area contributed by atoms with Crippen LogP contribution in [0.2, 0.25) is 0 Å². The number of nitrogens with zero attached hydrogens (tertiary/aromatic N) is 3. The number of carbonyl (C=O) groups excluding carboxylic acids is 1. The van der Waals surface area contributed by atoms with Gasteiger partial charge in [0.05, 0.1) is 17.3 Å². The number of hydrogen-bond acceptors (Lipinski definition) is 6. The number of ether oxygens (including phenoxy) is 1. The van der Waals surface area contributed by atoms with Gasteiger partial charge in [0.1, 0.15) is 0 Å². The Bertz CT molecular complexity index is 1180. The number of benzene rings is 2. The summed E-state index contributed by atoms with van der Waals surface area (Å²) in [7, 11) is 5.55. The number of rotatable bonds is 6. The predicted octanol–water partition coefficient (Wildman–Crippen LogP) is 4.57. The first kappa shape index (κ1) is 19.4. The fourth-order valence-corrected chi connectivity index (χ4v) is 4.24. The molecule has 0 aliphatic heterocycles. The van der Waals surface area contributed by atoms with E-state index in [-0.39, 0.29) is 11.7 Å². The molecule has 2 heterocycles. The summed E-state index contributed by atoms with van der Waals surface area (Å²) in [4.78, 5) is 21.9. The lowest BCUT2D eigenvalue weighted by molar-refractivity contribution is 0.0960. The molecule has 0 aliphatic rings. The molecule has 0 aliphatic carbocycles. The molecule has 4 rings (SSSR count). The SMILES string of the molecule is COc1cccc2cc(C(=O)N(CCN(C)C)c3nc4ccc(C)cc4s3)oc12. The van der Waals surface area contributed by atoms with Crippen LogP contribution in [-0.4, -0.2) is 50.1 Å². The van der Waals surface area contributed by atoms with E-state index in [1.54, 1.807) is 18.1 Å². The number of fused-ring (bicyclic) bond motifs is 2. The van der Waals surface area contributed by atoms with Crippen LogP contribution in [0.3, 0.4) is 0 Å². The second-order valence-corrected chi connectivity index (χ2v) is 8.23. The fourth-order valence-electron chi connectivity index (χ4n) is 3.15. The Hall–Kier alpha value is -2.90. The van der Waals surface area contributed by atoms with E-state index in [1.165, 1.54) is 16.9 Å². The average molecular weight is 410 g/mol. The number of thiazole rings is 1. The van der Waals surface area contributed by atoms with Gasteiger partial charge in [-0.05, 0) is 50.8 Å². The molecule has 0 N–H and O–H groups in total. The highest BCUT2D eigenvalue weighted by atomic mass is 32.1. The van der Waals surface area contributed by atoms with Crippen LogP contribution in [0.1, 0.15) is 16.1 Å². The second kappa shape index (κ2) is 7.85. The smallest absolute Gasteiger partial charge is 0.295 e. The number of amides is 1. The van der Waals surface area contributed by atoms with Crippen LogP contribution < -0.4 is 9.64 Å². The Morgan fingerprint density at radius 3 is 2.76 bits per heavy atom. The highest BCUT2D eigenvalue weighted by Gasteiger charge is 2.25. The number of aryl methyl sites for hydroxylation is 1. The molecule has 4 aromatic rings. The standard InChI is InChI=1S/C22H23N3O3S/c1-14-8-9-16-19(12-14)29-22(23-16)25(11-10-24(2)3)21(26)18-13-15-6-5-7-17(27-4)20(15)28-18/h5-9,12-13H,10-11H2,1-4H3. The summed E-state index contributed by atoms with van der Waals surface area (Å²) in [6.07, 6.45) is 0. The van der Waals surface area contributed by atoms with E-state index in [0.717, 1.165) is 15.6 Å². The summed E-state index contributed by atoms with van der Waals surface area (Å²) in [5.74, 6) is 0.677. The van der Waals surface area contributed by atoms with Crippen molar-refractivity contribution in [2.45, 2.75) is 6.92 Å². The first-order chi connectivity index (χ1) is 14.0. The van der Waals surface area contributed by atoms with Gasteiger partial charge in [-0.3, -0.25) is 9.69 Å². The Morgan fingerprint density at radius 1 is 1.17 bits per heavy atom. The van der Waals surface area contributed by atoms with Crippen LogP contribution in [0.25, 0.3) is 21.2 Å². The zero-order chi connectivity index (χ0) is 20.5. The number of para-hydroxylation sites is 1. The summed E-state index contributed by atoms with van der Waals surface area (Å²) in [6, 6.07) is 13.5. The fraction of sp³-hybridized carbons (Fsp3) is 0.273. The molecule has 0 radical (unpaired) electrons. The minimum absolute atomic E-state index is 0.208. The maximum atomic E-state index is 13.4. The van der Waals surface area contributed by atoms with Gasteiger partial charge < -0.3 is 14.1 Å². The van der Waals surface area contributed by atoms with Gasteiger partial charge in [-0.1, -0.05) is 29.5 Å². The number of likely N-dealkylation sites (N-methyl/N-ethyl adjacent to an activating group) is 1. The lowest BCUT2D eigenvalue weighted by Gasteiger charge is -2.20. The van der Waals surface area contributed by atoms with Gasteiger partial charge >= 0.3 is 0 Å². The Morgan fingerprint density at radius 2 is 2.00 bits per heavy atom. The third kappa shape index (κ3) is 3.83. The first-order valence-corrected chi connectivity index (χ1v) is 10.2. The van der Waals surface area contributed by atoms with E-state index >= 15 is 0 Å². The number of hydrogen-bond donors (Lipinski definition) is 0. The monoisotopic (exact) mass is 409 g/mol. The van der Waals surface area contributed by atoms with E-state index in [9.17, 15) is 4.79 Å². The molecule has 0 atom stereocenters. The van der Waals surface area contributed by atoms with Gasteiger partial charge in [-0.25, -0.2) is 4.98 Å². The van der Waals surface area contributed by atoms with Crippen molar-refractivity contribution in [1.29, 1.82) is 0 Å². The predicted molar refractivity (Wildman–Crippen MR) is 117 cm³/mol. The summed E-state index contributed by atoms with van der Waals surface area (Å²) >= 11 is 1.52. The molecule has 150 valence electrons. The van der Waals surface area contributed by atoms with Crippen molar-refractivity contribution < 1.29 is 13.9 Å². The highest BCUT2D eigenvalue weighted by Crippen LogP contribution is 2.33. The molecule has 2 aromatic carbocycles. The molecule has 0 fully saturated rings. The van der Waals surface area contributed by atoms with Crippen molar-refractivity contribution >= 4 is 43.6 Å². The van der Waals surface area contributed by atoms with Crippen molar-refractivity contribution in [2.75, 3.05) is 39.2 Å². The lowest BCUT2D eigenvalue weighted by Crippen LogP contribution is -2.36. The Balaban J connectivity index is 1.75. The summed E-state index contributed by atoms with van der Waals surface area (Å²) in [5, 5.41) is 1.50. The Labute approximate surface area is 173 Å². The van der Waals surface area contributed by atoms with E-state index in [4.69, 9.17) is 14.1 Å². The van der Waals surface area contributed by atoms with Crippen LogP contribution in [0.5, 0.6) is 5.75 Å². The molecule has 7 heteroatoms. The number of anilines is 1. The maximum absolute atomic E-state index is 13.4. The third-order valence-electron chi connectivity index (χ3n) is 4.72. The summed E-state index contributed by atoms with van der Waals surface area (Å²) in [5.41, 5.74) is 2.64. The van der Waals surface area contributed by atoms with Crippen molar-refractivity contribution in [2.24, 2.45) is 0 Å². The van der Waals surface area contributed by atoms with Crippen molar-refractivity contribution in [3.05, 3.63) is 53.8 Å². The second-order valence-electron chi connectivity index (χ2n) is 7.22. The zero-order valence-electron chi connectivity index (χ0n) is 16.9. The van der Waals surface area contributed by atoms with Gasteiger partial charge in [0.25, 0.3) is 5.91 Å². The van der Waals surface area contributed by atoms with Gasteiger partial charge in [-0.15, -0.1) is 0 Å². The zero-order valence-corrected chi connectivity index (χ0v) is 17.7. The summed E-state index contributed by atoms with van der Waals surface area (Å²) in [6.45, 7) is 3.28. The molecule has 29 heavy (non-hydrogen) atoms. The number of methoxy groups -OCH3 is 1. The molecule has 0 saturated heterocycles. The van der Waals surface area contributed by atoms with Gasteiger partial charge in [0, 0.05) is 18.5 Å². The van der Waals surface area contributed by atoms with E-state index < -0.39 is 0 Å². The highest BCUT2D eigenvalue weighted by molar-refractivity contribution is 7.22. The van der Waals surface area contributed by atoms with Crippen LogP contribution in [0.4, 0.5) is 5.13 Å². The largest absolute Gasteiger partial charge is 0.493 e. The van der Waals surface area contributed by atoms with Crippen molar-refractivity contribution in [3.63, 3.8) is 0 Å². The van der Waals surface area contributed by atoms with Crippen molar-refractivity contribution in [1.82, 2.24) is 9.88 Å². The lowest BCUT2D eigenvalue weighted by atomic mass is 10.2. The molecule has 0 bridgehead atoms. The van der Waals surface area contributed by atoms with Gasteiger partial charge in [-0.2, -0.15) is 0 Å². The van der Waals surface area contributed by atoms with E-state index in [0.29, 0.717) is 29.6 Å². The summed E-state index contributed by atoms with van der Waals surface area (Å²) < 4.78 is 12.3. The quantitative estimate of drug-likeness (QED) is 0.467. The molecular formula is C22H23N3O3S. The van der Waals surface area contributed by atoms with Crippen LogP contribution in [0.15, 0.2) is 46.9 Å². The topological polar surface area (TPSA) is 58.8 Å². The van der Waals surface area contributed by atoms with Crippen LogP contribution >= 0.6 is 11.3 Å². The third-order valence-corrected chi connectivity index (χ3v) is 5.76. The minimum atomic E-state index is -0.208. The molecule has 0 saturated carbocycles. The van der Waals surface area contributed by atoms with Gasteiger partial charge in [0.2, 0.25) is 0 Å². The maximum Gasteiger partial charge on any atom is 0.295 e. The first-order valence-electron chi connectivity index (χ1n) is 9.36. The van der Waals surface area contributed by atoms with Gasteiger partial charge in [0.15, 0.2) is 22.2 Å². The van der Waals surface area contributed by atoms with E-state index in [1.807, 2.05) is 49.3 Å². The van der Waals surface area contributed by atoms with E-state index in [2.05, 4.69) is 13.0 Å². The number of carbonyl (C=O) groups is 1. The normalized spacial score (nSPS) is 11.5. The number of aromatic nitrogens is 1. The molecule has 2 aromatic heterocycles. The Kier molecular flexibility index (Phi) is 5.25. The number of furan rings is 1. The average Bonchev–Trinajstić information content (AvgIpc) is 3.31. The minimum Gasteiger partial charge on any atom is -0.493 e.